The molecule has 1 aromatic carbocycles. The highest BCUT2D eigenvalue weighted by Gasteiger charge is 2.67. The third kappa shape index (κ3) is 2.70. The maximum Gasteiger partial charge on any atom is 0.241 e. The van der Waals surface area contributed by atoms with Gasteiger partial charge >= 0.3 is 0 Å². The van der Waals surface area contributed by atoms with Crippen molar-refractivity contribution >= 4 is 35.0 Å². The number of carbonyl (C=O) groups is 3. The highest BCUT2D eigenvalue weighted by atomic mass is 35.5. The second-order valence-corrected chi connectivity index (χ2v) is 8.76. The molecule has 0 aromatic heterocycles. The Balaban J connectivity index is 1.62. The van der Waals surface area contributed by atoms with Crippen molar-refractivity contribution < 1.29 is 19.1 Å². The summed E-state index contributed by atoms with van der Waals surface area (Å²) in [6.07, 6.45) is 3.19. The van der Waals surface area contributed by atoms with Gasteiger partial charge in [0.25, 0.3) is 0 Å². The monoisotopic (exact) mass is 388 g/mol. The molecule has 0 spiro atoms. The quantitative estimate of drug-likeness (QED) is 0.637. The van der Waals surface area contributed by atoms with E-state index in [4.69, 9.17) is 16.3 Å². The molecule has 0 radical (unpaired) electrons. The summed E-state index contributed by atoms with van der Waals surface area (Å²) in [7, 11) is 0. The molecule has 3 aliphatic heterocycles. The van der Waals surface area contributed by atoms with Crippen LogP contribution in [-0.2, 0) is 19.1 Å². The Hall–Kier alpha value is -2.18. The number of benzene rings is 1. The molecular formula is C20H21ClN2O4. The molecule has 3 amide bonds. The van der Waals surface area contributed by atoms with Gasteiger partial charge in [-0.15, -0.1) is 0 Å². The van der Waals surface area contributed by atoms with Crippen LogP contribution in [0.5, 0.6) is 0 Å². The van der Waals surface area contributed by atoms with Crippen molar-refractivity contribution in [3.05, 3.63) is 41.4 Å². The van der Waals surface area contributed by atoms with E-state index in [1.54, 1.807) is 24.3 Å². The van der Waals surface area contributed by atoms with Crippen LogP contribution >= 0.6 is 11.6 Å². The molecule has 4 atom stereocenters. The van der Waals surface area contributed by atoms with Gasteiger partial charge in [0, 0.05) is 10.4 Å². The molecule has 4 rings (SSSR count). The number of nitrogens with one attached hydrogen (secondary N) is 1. The number of fused-ring (bicyclic) bond motifs is 5. The predicted octanol–water partition coefficient (Wildman–Crippen LogP) is 2.32. The summed E-state index contributed by atoms with van der Waals surface area (Å²) in [4.78, 5) is 39.6. The number of hydrogen-bond acceptors (Lipinski definition) is 4. The molecule has 2 bridgehead atoms. The average Bonchev–Trinajstić information content (AvgIpc) is 3.24. The zero-order chi connectivity index (χ0) is 19.6. The lowest BCUT2D eigenvalue weighted by molar-refractivity contribution is -0.132. The van der Waals surface area contributed by atoms with E-state index in [1.807, 2.05) is 32.9 Å². The number of ether oxygens (including phenoxy) is 1. The number of anilines is 1. The van der Waals surface area contributed by atoms with E-state index < -0.39 is 29.0 Å². The maximum absolute atomic E-state index is 13.2. The van der Waals surface area contributed by atoms with Crippen LogP contribution in [0, 0.1) is 17.3 Å². The van der Waals surface area contributed by atoms with Gasteiger partial charge in [-0.25, -0.2) is 4.90 Å². The molecular weight excluding hydrogens is 368 g/mol. The van der Waals surface area contributed by atoms with Crippen molar-refractivity contribution in [2.24, 2.45) is 17.3 Å². The van der Waals surface area contributed by atoms with Crippen molar-refractivity contribution in [1.29, 1.82) is 0 Å². The molecule has 0 aliphatic carbocycles. The van der Waals surface area contributed by atoms with E-state index in [1.165, 1.54) is 4.90 Å². The Morgan fingerprint density at radius 2 is 1.89 bits per heavy atom. The molecule has 3 heterocycles. The molecule has 7 heteroatoms. The van der Waals surface area contributed by atoms with Gasteiger partial charge in [-0.05, 0) is 24.3 Å². The summed E-state index contributed by atoms with van der Waals surface area (Å²) in [5, 5.41) is 3.41. The number of nitrogens with zero attached hydrogens (tertiary/aromatic N) is 1. The first kappa shape index (κ1) is 18.2. The lowest BCUT2D eigenvalue weighted by Gasteiger charge is -2.30. The van der Waals surface area contributed by atoms with E-state index in [-0.39, 0.29) is 24.3 Å². The van der Waals surface area contributed by atoms with E-state index >= 15 is 0 Å². The molecule has 142 valence electrons. The molecule has 2 fully saturated rings. The van der Waals surface area contributed by atoms with Crippen LogP contribution in [0.2, 0.25) is 5.02 Å². The Bertz CT molecular complexity index is 858. The SMILES string of the molecule is CC(C)(C)C(=O)NCC12C=CC(O1)C1C(=O)N(c3ccc(Cl)cc3)C(=O)C12. The van der Waals surface area contributed by atoms with Crippen molar-refractivity contribution in [3.8, 4) is 0 Å². The third-order valence-corrected chi connectivity index (χ3v) is 5.70. The fourth-order valence-electron chi connectivity index (χ4n) is 4.03. The van der Waals surface area contributed by atoms with Gasteiger partial charge in [0.2, 0.25) is 17.7 Å². The number of carbonyl (C=O) groups excluding carboxylic acids is 3. The van der Waals surface area contributed by atoms with Gasteiger partial charge in [0.05, 0.1) is 30.2 Å². The minimum Gasteiger partial charge on any atom is -0.360 e. The van der Waals surface area contributed by atoms with E-state index in [0.29, 0.717) is 10.7 Å². The normalized spacial score (nSPS) is 31.6. The Kier molecular flexibility index (Phi) is 3.98. The van der Waals surface area contributed by atoms with E-state index in [0.717, 1.165) is 0 Å². The predicted molar refractivity (Wildman–Crippen MR) is 100 cm³/mol. The summed E-state index contributed by atoms with van der Waals surface area (Å²) in [5.74, 6) is -1.91. The van der Waals surface area contributed by atoms with Gasteiger partial charge in [-0.1, -0.05) is 44.5 Å². The lowest BCUT2D eigenvalue weighted by atomic mass is 9.76. The summed E-state index contributed by atoms with van der Waals surface area (Å²) in [6.45, 7) is 5.61. The summed E-state index contributed by atoms with van der Waals surface area (Å²) in [6, 6.07) is 6.61. The molecule has 2 saturated heterocycles. The Labute approximate surface area is 162 Å². The highest BCUT2D eigenvalue weighted by Crippen LogP contribution is 2.52. The number of amides is 3. The number of rotatable bonds is 3. The minimum atomic E-state index is -0.982. The van der Waals surface area contributed by atoms with Gasteiger partial charge < -0.3 is 10.1 Å². The fourth-order valence-corrected chi connectivity index (χ4v) is 4.16. The molecule has 3 aliphatic rings. The standard InChI is InChI=1S/C20H21ClN2O4/c1-19(2,3)18(26)22-10-20-9-8-13(27-20)14-15(20)17(25)23(16(14)24)12-6-4-11(21)5-7-12/h4-9,13-15H,10H2,1-3H3,(H,22,26). The average molecular weight is 389 g/mol. The smallest absolute Gasteiger partial charge is 0.241 e. The second kappa shape index (κ2) is 5.91. The van der Waals surface area contributed by atoms with Crippen LogP contribution in [0.1, 0.15) is 20.8 Å². The van der Waals surface area contributed by atoms with Gasteiger partial charge in [0.15, 0.2) is 0 Å². The maximum atomic E-state index is 13.2. The van der Waals surface area contributed by atoms with Gasteiger partial charge in [-0.2, -0.15) is 0 Å². The highest BCUT2D eigenvalue weighted by molar-refractivity contribution is 6.31. The van der Waals surface area contributed by atoms with Crippen LogP contribution in [0.25, 0.3) is 0 Å². The molecule has 4 unspecified atom stereocenters. The summed E-state index contributed by atoms with van der Waals surface area (Å²) in [5.41, 5.74) is -1.04. The van der Waals surface area contributed by atoms with Gasteiger partial charge in [-0.3, -0.25) is 14.4 Å². The zero-order valence-corrected chi connectivity index (χ0v) is 16.1. The topological polar surface area (TPSA) is 75.7 Å². The molecule has 27 heavy (non-hydrogen) atoms. The van der Waals surface area contributed by atoms with Crippen molar-refractivity contribution in [1.82, 2.24) is 5.32 Å². The van der Waals surface area contributed by atoms with Crippen molar-refractivity contribution in [2.75, 3.05) is 11.4 Å². The van der Waals surface area contributed by atoms with Crippen LogP contribution in [0.3, 0.4) is 0 Å². The first-order valence-corrected chi connectivity index (χ1v) is 9.31. The van der Waals surface area contributed by atoms with Crippen molar-refractivity contribution in [3.63, 3.8) is 0 Å². The number of halogens is 1. The molecule has 1 aromatic rings. The van der Waals surface area contributed by atoms with Crippen LogP contribution < -0.4 is 10.2 Å². The van der Waals surface area contributed by atoms with Crippen LogP contribution in [0.4, 0.5) is 5.69 Å². The molecule has 0 saturated carbocycles. The van der Waals surface area contributed by atoms with Gasteiger partial charge in [0.1, 0.15) is 5.60 Å². The second-order valence-electron chi connectivity index (χ2n) is 8.32. The van der Waals surface area contributed by atoms with Crippen LogP contribution in [0.15, 0.2) is 36.4 Å². The molecule has 6 nitrogen and oxygen atoms in total. The lowest BCUT2D eigenvalue weighted by Crippen LogP contribution is -2.50. The van der Waals surface area contributed by atoms with Crippen molar-refractivity contribution in [2.45, 2.75) is 32.5 Å². The zero-order valence-electron chi connectivity index (χ0n) is 15.4. The largest absolute Gasteiger partial charge is 0.360 e. The number of hydrogen-bond donors (Lipinski definition) is 1. The third-order valence-electron chi connectivity index (χ3n) is 5.45. The Morgan fingerprint density at radius 3 is 2.52 bits per heavy atom. The fraction of sp³-hybridized carbons (Fsp3) is 0.450. The number of imide groups is 1. The first-order chi connectivity index (χ1) is 12.6. The van der Waals surface area contributed by atoms with E-state index in [2.05, 4.69) is 5.32 Å². The summed E-state index contributed by atoms with van der Waals surface area (Å²) >= 11 is 5.91. The van der Waals surface area contributed by atoms with Crippen LogP contribution in [-0.4, -0.2) is 36.0 Å². The Morgan fingerprint density at radius 1 is 1.22 bits per heavy atom. The minimum absolute atomic E-state index is 0.132. The first-order valence-electron chi connectivity index (χ1n) is 8.93. The summed E-state index contributed by atoms with van der Waals surface area (Å²) < 4.78 is 6.02. The van der Waals surface area contributed by atoms with E-state index in [9.17, 15) is 14.4 Å². The molecule has 1 N–H and O–H groups in total.